The van der Waals surface area contributed by atoms with Gasteiger partial charge in [-0.05, 0) is 88.2 Å². The van der Waals surface area contributed by atoms with Crippen LogP contribution in [-0.2, 0) is 47.9 Å². The summed E-state index contributed by atoms with van der Waals surface area (Å²) in [5.74, 6) is -0.235. The Morgan fingerprint density at radius 3 is 1.80 bits per heavy atom. The smallest absolute Gasteiger partial charge is 0.328 e. The van der Waals surface area contributed by atoms with Gasteiger partial charge in [0.25, 0.3) is 8.32 Å². The molecule has 0 spiro atoms. The lowest BCUT2D eigenvalue weighted by Crippen LogP contribution is -2.68. The van der Waals surface area contributed by atoms with E-state index in [1.54, 1.807) is 4.90 Å². The molecule has 7 rings (SSSR count). The molecule has 1 aliphatic heterocycles. The minimum absolute atomic E-state index is 0.0592. The number of carbonyl (C=O) groups is 3. The highest BCUT2D eigenvalue weighted by molar-refractivity contribution is 6.99. The second-order valence-corrected chi connectivity index (χ2v) is 23.4. The molecule has 1 heterocycles. The highest BCUT2D eigenvalue weighted by Gasteiger charge is 2.55. The predicted octanol–water partition coefficient (Wildman–Crippen LogP) is 8.81. The van der Waals surface area contributed by atoms with Crippen molar-refractivity contribution >= 4 is 36.5 Å². The molecule has 1 aliphatic carbocycles. The Bertz CT molecular complexity index is 2250. The van der Waals surface area contributed by atoms with Gasteiger partial charge in [0.2, 0.25) is 11.8 Å². The molecule has 6 atom stereocenters. The Morgan fingerprint density at radius 1 is 0.708 bits per heavy atom. The molecule has 1 saturated carbocycles. The fourth-order valence-electron chi connectivity index (χ4n) is 9.94. The third-order valence-electron chi connectivity index (χ3n) is 13.1. The second-order valence-electron chi connectivity index (χ2n) is 19.2. The summed E-state index contributed by atoms with van der Waals surface area (Å²) in [5, 5.41) is 5.33. The first-order chi connectivity index (χ1) is 31.4. The van der Waals surface area contributed by atoms with Crippen molar-refractivity contribution < 1.29 is 33.0 Å². The molecular weight excluding hydrogens is 829 g/mol. The van der Waals surface area contributed by atoms with Gasteiger partial charge in [-0.1, -0.05) is 168 Å². The summed E-state index contributed by atoms with van der Waals surface area (Å²) in [6, 6.07) is 46.7. The molecular formula is C55H66N2O7Si. The lowest BCUT2D eigenvalue weighted by Gasteiger charge is -2.47. The number of ether oxygens (including phenoxy) is 3. The van der Waals surface area contributed by atoms with Crippen LogP contribution in [-0.4, -0.2) is 68.4 Å². The van der Waals surface area contributed by atoms with Gasteiger partial charge in [-0.15, -0.1) is 0 Å². The van der Waals surface area contributed by atoms with Crippen molar-refractivity contribution in [3.63, 3.8) is 0 Å². The normalized spacial score (nSPS) is 19.5. The summed E-state index contributed by atoms with van der Waals surface area (Å²) in [7, 11) is -1.53. The summed E-state index contributed by atoms with van der Waals surface area (Å²) < 4.78 is 25.5. The van der Waals surface area contributed by atoms with Crippen molar-refractivity contribution in [3.8, 4) is 5.75 Å². The molecule has 2 amide bonds. The zero-order valence-electron chi connectivity index (χ0n) is 38.9. The van der Waals surface area contributed by atoms with E-state index in [9.17, 15) is 9.59 Å². The monoisotopic (exact) mass is 894 g/mol. The first kappa shape index (κ1) is 47.4. The summed E-state index contributed by atoms with van der Waals surface area (Å²) >= 11 is 0. The van der Waals surface area contributed by atoms with Crippen molar-refractivity contribution in [1.82, 2.24) is 10.2 Å². The molecule has 2 aliphatic rings. The van der Waals surface area contributed by atoms with Crippen LogP contribution in [0.3, 0.4) is 0 Å². The number of hydrogen-bond donors (Lipinski definition) is 1. The highest BCUT2D eigenvalue weighted by atomic mass is 28.4. The summed E-state index contributed by atoms with van der Waals surface area (Å²) in [6.07, 6.45) is 2.28. The van der Waals surface area contributed by atoms with Gasteiger partial charge in [-0.2, -0.15) is 0 Å². The number of fused-ring (bicyclic) bond motifs is 1. The number of esters is 1. The molecule has 5 aromatic carbocycles. The van der Waals surface area contributed by atoms with E-state index in [2.05, 4.69) is 74.6 Å². The minimum Gasteiger partial charge on any atom is -0.489 e. The van der Waals surface area contributed by atoms with E-state index in [1.807, 2.05) is 111 Å². The van der Waals surface area contributed by atoms with Gasteiger partial charge in [0.05, 0.1) is 13.7 Å². The van der Waals surface area contributed by atoms with E-state index in [1.165, 1.54) is 17.5 Å². The summed E-state index contributed by atoms with van der Waals surface area (Å²) in [6.45, 7) is 11.6. The van der Waals surface area contributed by atoms with Crippen LogP contribution in [0, 0.1) is 11.8 Å². The van der Waals surface area contributed by atoms with E-state index in [0.717, 1.165) is 35.3 Å². The number of benzene rings is 5. The van der Waals surface area contributed by atoms with Crippen LogP contribution < -0.4 is 20.4 Å². The Hall–Kier alpha value is -5.55. The van der Waals surface area contributed by atoms with Crippen molar-refractivity contribution in [2.45, 2.75) is 122 Å². The van der Waals surface area contributed by atoms with Gasteiger partial charge >= 0.3 is 5.97 Å². The van der Waals surface area contributed by atoms with E-state index in [4.69, 9.17) is 18.6 Å². The van der Waals surface area contributed by atoms with Crippen molar-refractivity contribution in [2.75, 3.05) is 7.11 Å². The maximum atomic E-state index is 15.3. The maximum absolute atomic E-state index is 15.3. The Balaban J connectivity index is 1.14. The molecule has 0 aromatic heterocycles. The molecule has 1 N–H and O–H groups in total. The van der Waals surface area contributed by atoms with E-state index < -0.39 is 32.5 Å². The van der Waals surface area contributed by atoms with Gasteiger partial charge < -0.3 is 28.9 Å². The Kier molecular flexibility index (Phi) is 15.8. The van der Waals surface area contributed by atoms with Crippen molar-refractivity contribution in [1.29, 1.82) is 0 Å². The third-order valence-corrected chi connectivity index (χ3v) is 18.2. The number of rotatable bonds is 18. The van der Waals surface area contributed by atoms with Gasteiger partial charge in [0, 0.05) is 18.6 Å². The molecule has 0 radical (unpaired) electrons. The van der Waals surface area contributed by atoms with Gasteiger partial charge in [0.15, 0.2) is 0 Å². The molecule has 10 heteroatoms. The molecule has 5 aromatic rings. The lowest BCUT2D eigenvalue weighted by atomic mass is 9.83. The number of methoxy groups -OCH3 is 1. The average molecular weight is 895 g/mol. The van der Waals surface area contributed by atoms with E-state index in [0.29, 0.717) is 25.9 Å². The minimum atomic E-state index is -2.91. The van der Waals surface area contributed by atoms with Gasteiger partial charge in [0.1, 0.15) is 30.5 Å². The van der Waals surface area contributed by atoms with Crippen LogP contribution in [0.25, 0.3) is 0 Å². The van der Waals surface area contributed by atoms with E-state index >= 15 is 4.79 Å². The topological polar surface area (TPSA) is 103 Å². The van der Waals surface area contributed by atoms with Crippen LogP contribution >= 0.6 is 0 Å². The molecule has 2 fully saturated rings. The van der Waals surface area contributed by atoms with Crippen LogP contribution in [0.5, 0.6) is 5.75 Å². The Morgan fingerprint density at radius 2 is 1.26 bits per heavy atom. The predicted molar refractivity (Wildman–Crippen MR) is 258 cm³/mol. The van der Waals surface area contributed by atoms with Crippen molar-refractivity contribution in [3.05, 3.63) is 162 Å². The molecule has 9 nitrogen and oxygen atoms in total. The molecule has 0 unspecified atom stereocenters. The number of nitrogens with zero attached hydrogens (tertiary/aromatic N) is 1. The Labute approximate surface area is 387 Å². The molecule has 342 valence electrons. The van der Waals surface area contributed by atoms with Gasteiger partial charge in [-0.25, -0.2) is 4.79 Å². The first-order valence-electron chi connectivity index (χ1n) is 23.3. The standard InChI is InChI=1S/C55H66N2O7Si/c1-39(2)33-48(56-52(58)51(63-38-42-21-13-8-14-22-42)34-40-27-30-44(31-28-40)62-37-41-19-11-7-12-20-41)53(59)57-49-36-45(32-29-43(49)35-50(57)54(60)61-6)64-65(55(3,4)5,46-23-15-9-16-24-46)47-25-17-10-18-26-47/h7-28,30-31,39,43,45,48-51H,29,32-38H2,1-6H3,(H,56,58)/t43-,45+,48+,49-,50-,51+/m0/s1. The quantitative estimate of drug-likeness (QED) is 0.0693. The van der Waals surface area contributed by atoms with Crippen LogP contribution in [0.4, 0.5) is 0 Å². The van der Waals surface area contributed by atoms with Gasteiger partial charge in [-0.3, -0.25) is 9.59 Å². The van der Waals surface area contributed by atoms with E-state index in [-0.39, 0.29) is 53.9 Å². The molecule has 1 saturated heterocycles. The van der Waals surface area contributed by atoms with Crippen LogP contribution in [0.2, 0.25) is 5.04 Å². The van der Waals surface area contributed by atoms with Crippen molar-refractivity contribution in [2.24, 2.45) is 11.8 Å². The summed E-state index contributed by atoms with van der Waals surface area (Å²) in [4.78, 5) is 45.3. The number of nitrogens with one attached hydrogen (secondary N) is 1. The number of carbonyl (C=O) groups excluding carboxylic acids is 3. The fourth-order valence-corrected chi connectivity index (χ4v) is 14.7. The lowest BCUT2D eigenvalue weighted by molar-refractivity contribution is -0.154. The number of amides is 2. The molecule has 65 heavy (non-hydrogen) atoms. The van der Waals surface area contributed by atoms with Crippen LogP contribution in [0.1, 0.15) is 83.4 Å². The number of likely N-dealkylation sites (tertiary alicyclic amines) is 1. The summed E-state index contributed by atoms with van der Waals surface area (Å²) in [5.41, 5.74) is 2.89. The zero-order valence-corrected chi connectivity index (χ0v) is 39.9. The number of hydrogen-bond acceptors (Lipinski definition) is 7. The third kappa shape index (κ3) is 11.5. The maximum Gasteiger partial charge on any atom is 0.328 e. The first-order valence-corrected chi connectivity index (χ1v) is 25.2. The largest absolute Gasteiger partial charge is 0.489 e. The highest BCUT2D eigenvalue weighted by Crippen LogP contribution is 2.45. The zero-order chi connectivity index (χ0) is 46.0. The fraction of sp³-hybridized carbons (Fsp3) is 0.400. The van der Waals surface area contributed by atoms with Crippen LogP contribution in [0.15, 0.2) is 146 Å². The second kappa shape index (κ2) is 21.6. The molecule has 0 bridgehead atoms. The SMILES string of the molecule is COC(=O)[C@@H]1C[C@@H]2CC[C@@H](O[Si](c3ccccc3)(c3ccccc3)C(C)(C)C)C[C@@H]2N1C(=O)[C@@H](CC(C)C)NC(=O)[C@@H](Cc1ccc(OCc2ccccc2)cc1)OCc1ccccc1. The average Bonchev–Trinajstić information content (AvgIpc) is 3.70.